The van der Waals surface area contributed by atoms with Gasteiger partial charge in [0.05, 0.1) is 25.7 Å². The Morgan fingerprint density at radius 3 is 1.71 bits per heavy atom. The fraction of sp³-hybridized carbons (Fsp3) is 0.635. The van der Waals surface area contributed by atoms with Gasteiger partial charge in [-0.15, -0.1) is 0 Å². The highest BCUT2D eigenvalue weighted by atomic mass is 16.4. The van der Waals surface area contributed by atoms with E-state index in [9.17, 15) is 77.3 Å². The van der Waals surface area contributed by atoms with E-state index in [2.05, 4.69) is 73.1 Å². The molecule has 0 saturated heterocycles. The maximum Gasteiger partial charge on any atom is 0.305 e. The van der Waals surface area contributed by atoms with E-state index in [1.54, 1.807) is 39.8 Å². The minimum absolute atomic E-state index is 0.0144. The van der Waals surface area contributed by atoms with Crippen molar-refractivity contribution in [1.82, 2.24) is 78.4 Å². The first-order valence-corrected chi connectivity index (χ1v) is 32.9. The number of primary amides is 3. The van der Waals surface area contributed by atoms with Crippen LogP contribution in [0.3, 0.4) is 0 Å². The number of hydrogen-bond donors (Lipinski definition) is 19. The van der Waals surface area contributed by atoms with E-state index < -0.39 is 193 Å². The zero-order chi connectivity index (χ0) is 74.2. The highest BCUT2D eigenvalue weighted by Crippen LogP contribution is 2.22. The number of carboxylic acid groups (broad SMARTS) is 1. The summed E-state index contributed by atoms with van der Waals surface area (Å²) < 4.78 is 0. The van der Waals surface area contributed by atoms with Crippen molar-refractivity contribution >= 4 is 88.7 Å². The molecule has 0 spiro atoms. The Kier molecular flexibility index (Phi) is 34.9. The molecule has 11 atom stereocenters. The average Bonchev–Trinajstić information content (AvgIpc) is 0.982. The number of allylic oxidation sites excluding steroid dienone is 2. The highest BCUT2D eigenvalue weighted by molar-refractivity contribution is 6.01. The quantitative estimate of drug-likeness (QED) is 0.0229. The first kappa shape index (κ1) is 83.4. The molecular weight excluding hydrogens is 1290 g/mol. The van der Waals surface area contributed by atoms with Crippen molar-refractivity contribution in [3.05, 3.63) is 48.6 Å². The Hall–Kier alpha value is -9.87. The van der Waals surface area contributed by atoms with Crippen LogP contribution >= 0.6 is 0 Å². The SMILES string of the molecule is CC(=O)N[C@@H](Cc1cnc[nH]1)C(=O)N[C@@H](CCCCN)C(=O)N[C@@]1(C)CCC/C=C\CCC[C@@](C)(C(=O)N[C@@H](CC(C)C)C(=O)N[C@@H](CCC(N)=O)C(=O)N[C@@H](CC(=O)O)C(=O)N[C@@H](CO)C(N)=O)NC(=O)[C@H](CCC(N)=O)NC(=O)[C@H](Cc2cnc[nH]2)NC(=O)[C@H](CC(C)C)NC1=O. The number of imidazole rings is 2. The third-order valence-corrected chi connectivity index (χ3v) is 16.1. The first-order valence-electron chi connectivity index (χ1n) is 32.9. The van der Waals surface area contributed by atoms with Crippen molar-refractivity contribution < 1.29 is 82.1 Å². The van der Waals surface area contributed by atoms with E-state index in [1.807, 2.05) is 5.32 Å². The number of aliphatic carboxylic acids is 1. The number of aromatic amines is 2. The third-order valence-electron chi connectivity index (χ3n) is 16.1. The average molecular weight is 1400 g/mol. The molecule has 1 aliphatic rings. The Bertz CT molecular complexity index is 3130. The first-order chi connectivity index (χ1) is 46.6. The molecule has 36 heteroatoms. The largest absolute Gasteiger partial charge is 0.481 e. The van der Waals surface area contributed by atoms with E-state index in [-0.39, 0.29) is 89.0 Å². The molecule has 2 aromatic rings. The molecule has 2 aromatic heterocycles. The van der Waals surface area contributed by atoms with Crippen molar-refractivity contribution in [2.75, 3.05) is 13.2 Å². The van der Waals surface area contributed by atoms with Crippen LogP contribution in [0, 0.1) is 11.8 Å². The van der Waals surface area contributed by atoms with Gasteiger partial charge in [0.2, 0.25) is 82.7 Å². The topological polar surface area (TPSA) is 590 Å². The van der Waals surface area contributed by atoms with Gasteiger partial charge >= 0.3 is 5.97 Å². The molecule has 0 saturated carbocycles. The third kappa shape index (κ3) is 29.8. The van der Waals surface area contributed by atoms with E-state index >= 15 is 4.79 Å². The van der Waals surface area contributed by atoms with E-state index in [4.69, 9.17) is 22.9 Å². The van der Waals surface area contributed by atoms with E-state index in [1.165, 1.54) is 45.8 Å². The second-order valence-electron chi connectivity index (χ2n) is 25.9. The van der Waals surface area contributed by atoms with Crippen LogP contribution in [0.2, 0.25) is 0 Å². The molecule has 3 rings (SSSR count). The van der Waals surface area contributed by atoms with Gasteiger partial charge in [-0.05, 0) is 116 Å². The van der Waals surface area contributed by atoms with Crippen LogP contribution in [0.25, 0.3) is 0 Å². The van der Waals surface area contributed by atoms with Gasteiger partial charge in [-0.3, -0.25) is 71.9 Å². The van der Waals surface area contributed by atoms with Gasteiger partial charge in [-0.25, -0.2) is 9.97 Å². The number of aliphatic hydroxyl groups is 1. The molecule has 0 fully saturated rings. The number of rotatable bonds is 35. The summed E-state index contributed by atoms with van der Waals surface area (Å²) in [7, 11) is 0. The molecule has 14 amide bonds. The predicted molar refractivity (Wildman–Crippen MR) is 355 cm³/mol. The molecule has 3 heterocycles. The van der Waals surface area contributed by atoms with E-state index in [0.29, 0.717) is 24.2 Å². The number of unbranched alkanes of at least 4 members (excludes halogenated alkanes) is 1. The maximum absolute atomic E-state index is 15.0. The minimum atomic E-state index is -2.00. The van der Waals surface area contributed by atoms with Gasteiger partial charge in [0.25, 0.3) is 0 Å². The second-order valence-corrected chi connectivity index (χ2v) is 25.9. The van der Waals surface area contributed by atoms with Crippen LogP contribution in [-0.2, 0) is 84.8 Å². The molecular formula is C63H101N19O17. The number of amides is 14. The summed E-state index contributed by atoms with van der Waals surface area (Å²) in [5, 5.41) is 47.5. The van der Waals surface area contributed by atoms with Crippen LogP contribution in [0.15, 0.2) is 37.2 Å². The minimum Gasteiger partial charge on any atom is -0.481 e. The molecule has 0 radical (unpaired) electrons. The smallest absolute Gasteiger partial charge is 0.305 e. The van der Waals surface area contributed by atoms with Crippen LogP contribution in [0.1, 0.15) is 163 Å². The van der Waals surface area contributed by atoms with Crippen LogP contribution in [-0.4, -0.2) is 197 Å². The van der Waals surface area contributed by atoms with Gasteiger partial charge in [-0.2, -0.15) is 0 Å². The molecule has 1 aliphatic heterocycles. The second kappa shape index (κ2) is 41.4. The Morgan fingerprint density at radius 1 is 0.616 bits per heavy atom. The lowest BCUT2D eigenvalue weighted by atomic mass is 9.90. The summed E-state index contributed by atoms with van der Waals surface area (Å²) in [5.41, 5.74) is 19.0. The molecule has 36 nitrogen and oxygen atoms in total. The number of carbonyl (C=O) groups excluding carboxylic acids is 14. The summed E-state index contributed by atoms with van der Waals surface area (Å²) in [4.78, 5) is 219. The maximum atomic E-state index is 15.0. The van der Waals surface area contributed by atoms with Gasteiger partial charge in [0.15, 0.2) is 0 Å². The predicted octanol–water partition coefficient (Wildman–Crippen LogP) is -4.33. The summed E-state index contributed by atoms with van der Waals surface area (Å²) in [6.45, 7) is 10.2. The Labute approximate surface area is 573 Å². The standard InChI is InChI=1S/C63H101N19O17/c1-34(2)24-42(53(91)74-40(17-19-48(65)85)52(90)77-46(28-50(87)88)57(95)78-47(31-83)51(67)89)79-61(99)63(7)22-14-11-9-8-10-13-21-62(6,81-58(96)39(16-12-15-23-64)73-55(93)44(72-36(5)84)26-37-29-68-32-70-37)60(98)80-43(25-35(3)4)54(92)76-45(27-38-30-69-33-71-38)56(94)75-41(59(97)82-63)18-20-49(66)86/h8-9,29-30,32-35,39-47,83H,10-28,31,64H2,1-7H3,(H2,65,85)(H2,66,86)(H2,67,89)(H,68,70)(H,69,71)(H,72,84)(H,73,93)(H,74,91)(H,75,94)(H,76,92)(H,77,90)(H,78,95)(H,79,99)(H,80,98)(H,81,96)(H,82,97)(H,87,88)/b9-8-/t39-,40-,41-,42-,43-,44-,45-,46-,47-,62-,63-/m0/s1. The molecule has 0 aliphatic carbocycles. The summed E-state index contributed by atoms with van der Waals surface area (Å²) in [5.74, 6) is -15.5. The van der Waals surface area contributed by atoms with E-state index in [0.717, 1.165) is 0 Å². The van der Waals surface area contributed by atoms with Gasteiger partial charge in [-0.1, -0.05) is 39.8 Å². The molecule has 23 N–H and O–H groups in total. The van der Waals surface area contributed by atoms with Crippen LogP contribution in [0.5, 0.6) is 0 Å². The number of carboxylic acids is 1. The number of carbonyl (C=O) groups is 15. The van der Waals surface area contributed by atoms with Crippen LogP contribution in [0.4, 0.5) is 0 Å². The Balaban J connectivity index is 2.17. The lowest BCUT2D eigenvalue weighted by molar-refractivity contribution is -0.141. The molecule has 0 unspecified atom stereocenters. The molecule has 0 bridgehead atoms. The van der Waals surface area contributed by atoms with Gasteiger partial charge in [0, 0.05) is 56.4 Å². The molecule has 0 aromatic carbocycles. The summed E-state index contributed by atoms with van der Waals surface area (Å²) in [6, 6.07) is -14.0. The van der Waals surface area contributed by atoms with Crippen molar-refractivity contribution in [2.45, 2.75) is 229 Å². The molecule has 99 heavy (non-hydrogen) atoms. The summed E-state index contributed by atoms with van der Waals surface area (Å²) >= 11 is 0. The highest BCUT2D eigenvalue weighted by Gasteiger charge is 2.43. The number of nitrogens with zero attached hydrogens (tertiary/aromatic N) is 2. The van der Waals surface area contributed by atoms with Gasteiger partial charge < -0.3 is 102 Å². The van der Waals surface area contributed by atoms with Gasteiger partial charge in [0.1, 0.15) is 65.5 Å². The number of aromatic nitrogens is 4. The fourth-order valence-electron chi connectivity index (χ4n) is 10.6. The number of nitrogens with two attached hydrogens (primary N) is 4. The van der Waals surface area contributed by atoms with Crippen molar-refractivity contribution in [3.63, 3.8) is 0 Å². The number of nitrogens with one attached hydrogen (secondary N) is 13. The number of H-pyrrole nitrogens is 2. The molecule has 550 valence electrons. The van der Waals surface area contributed by atoms with Crippen LogP contribution < -0.4 is 81.4 Å². The number of hydrogen-bond acceptors (Lipinski definition) is 19. The lowest BCUT2D eigenvalue weighted by Gasteiger charge is -2.34. The monoisotopic (exact) mass is 1400 g/mol. The Morgan fingerprint density at radius 2 is 1.16 bits per heavy atom. The van der Waals surface area contributed by atoms with Crippen molar-refractivity contribution in [3.8, 4) is 0 Å². The normalized spacial score (nSPS) is 21.1. The van der Waals surface area contributed by atoms with Crippen molar-refractivity contribution in [1.29, 1.82) is 0 Å². The fourth-order valence-corrected chi connectivity index (χ4v) is 10.6. The zero-order valence-corrected chi connectivity index (χ0v) is 57.2. The zero-order valence-electron chi connectivity index (χ0n) is 57.2. The number of aliphatic hydroxyl groups excluding tert-OH is 1. The summed E-state index contributed by atoms with van der Waals surface area (Å²) in [6.07, 6.45) is 7.02. The van der Waals surface area contributed by atoms with Crippen molar-refractivity contribution in [2.24, 2.45) is 34.8 Å². The lowest BCUT2D eigenvalue weighted by Crippen LogP contribution is -2.65.